The van der Waals surface area contributed by atoms with Crippen molar-refractivity contribution in [3.05, 3.63) is 32.5 Å². The topological polar surface area (TPSA) is 54.5 Å². The lowest BCUT2D eigenvalue weighted by Crippen LogP contribution is -2.07. The molecular weight excluding hydrogens is 267 g/mol. The largest absolute Gasteiger partial charge is 0.465 e. The molecule has 78 valence electrons. The first kappa shape index (κ1) is 11.6. The van der Waals surface area contributed by atoms with Gasteiger partial charge in [-0.2, -0.15) is 0 Å². The molecular formula is C9H7BrFN2O2+. The third-order valence-electron chi connectivity index (χ3n) is 1.95. The van der Waals surface area contributed by atoms with Crippen molar-refractivity contribution in [1.29, 1.82) is 5.39 Å². The molecule has 15 heavy (non-hydrogen) atoms. The molecule has 0 aliphatic heterocycles. The molecule has 0 bridgehead atoms. The molecule has 6 heteroatoms. The van der Waals surface area contributed by atoms with Gasteiger partial charge < -0.3 is 4.74 Å². The highest BCUT2D eigenvalue weighted by atomic mass is 79.9. The minimum absolute atomic E-state index is 0.0429. The van der Waals surface area contributed by atoms with E-state index in [-0.39, 0.29) is 21.3 Å². The van der Waals surface area contributed by atoms with E-state index in [4.69, 9.17) is 5.39 Å². The molecule has 0 spiro atoms. The molecule has 0 aromatic heterocycles. The molecule has 0 saturated heterocycles. The van der Waals surface area contributed by atoms with Crippen molar-refractivity contribution in [1.82, 2.24) is 0 Å². The molecule has 0 fully saturated rings. The fourth-order valence-corrected chi connectivity index (χ4v) is 1.57. The van der Waals surface area contributed by atoms with Crippen LogP contribution in [-0.4, -0.2) is 13.1 Å². The number of carbonyl (C=O) groups is 1. The number of nitrogens with zero attached hydrogens (tertiary/aromatic N) is 2. The van der Waals surface area contributed by atoms with E-state index in [9.17, 15) is 9.18 Å². The van der Waals surface area contributed by atoms with Crippen molar-refractivity contribution in [2.45, 2.75) is 6.92 Å². The number of diazo groups is 1. The summed E-state index contributed by atoms with van der Waals surface area (Å²) in [6, 6.07) is 1.27. The Morgan fingerprint density at radius 2 is 2.27 bits per heavy atom. The van der Waals surface area contributed by atoms with Crippen LogP contribution < -0.4 is 0 Å². The van der Waals surface area contributed by atoms with Gasteiger partial charge in [0.15, 0.2) is 10.8 Å². The standard InChI is InChI=1S/C9H7BrFN2O2/c1-4-6(13-12)3-5(10)8(11)7(4)9(14)15-2/h3H,1-2H3/q+1. The minimum Gasteiger partial charge on any atom is -0.465 e. The van der Waals surface area contributed by atoms with Crippen LogP contribution in [0.3, 0.4) is 0 Å². The first-order chi connectivity index (χ1) is 7.02. The quantitative estimate of drug-likeness (QED) is 0.583. The van der Waals surface area contributed by atoms with Gasteiger partial charge in [-0.3, -0.25) is 0 Å². The monoisotopic (exact) mass is 273 g/mol. The highest BCUT2D eigenvalue weighted by Crippen LogP contribution is 2.31. The molecule has 0 amide bonds. The number of hydrogen-bond acceptors (Lipinski definition) is 3. The highest BCUT2D eigenvalue weighted by molar-refractivity contribution is 9.10. The molecule has 0 atom stereocenters. The predicted molar refractivity (Wildman–Crippen MR) is 54.9 cm³/mol. The maximum absolute atomic E-state index is 13.5. The number of rotatable bonds is 1. The average Bonchev–Trinajstić information content (AvgIpc) is 2.23. The molecule has 1 aromatic rings. The molecule has 0 aliphatic carbocycles. The Bertz CT molecular complexity index is 468. The maximum Gasteiger partial charge on any atom is 0.390 e. The second-order valence-electron chi connectivity index (χ2n) is 2.78. The summed E-state index contributed by atoms with van der Waals surface area (Å²) in [5.74, 6) is -1.54. The Morgan fingerprint density at radius 3 is 2.73 bits per heavy atom. The van der Waals surface area contributed by atoms with Crippen LogP contribution in [0.15, 0.2) is 10.5 Å². The van der Waals surface area contributed by atoms with Crippen molar-refractivity contribution in [3.63, 3.8) is 0 Å². The van der Waals surface area contributed by atoms with Crippen LogP contribution in [0.4, 0.5) is 10.1 Å². The zero-order valence-electron chi connectivity index (χ0n) is 8.04. The van der Waals surface area contributed by atoms with Crippen LogP contribution >= 0.6 is 15.9 Å². The highest BCUT2D eigenvalue weighted by Gasteiger charge is 2.26. The van der Waals surface area contributed by atoms with E-state index in [0.29, 0.717) is 0 Å². The summed E-state index contributed by atoms with van der Waals surface area (Å²) >= 11 is 2.92. The lowest BCUT2D eigenvalue weighted by atomic mass is 10.1. The van der Waals surface area contributed by atoms with Gasteiger partial charge in [0.25, 0.3) is 0 Å². The molecule has 0 aliphatic rings. The Morgan fingerprint density at radius 1 is 1.67 bits per heavy atom. The van der Waals surface area contributed by atoms with Crippen LogP contribution in [-0.2, 0) is 4.74 Å². The smallest absolute Gasteiger partial charge is 0.390 e. The summed E-state index contributed by atoms with van der Waals surface area (Å²) in [4.78, 5) is 14.2. The van der Waals surface area contributed by atoms with Crippen molar-refractivity contribution in [2.75, 3.05) is 7.11 Å². The summed E-state index contributed by atoms with van der Waals surface area (Å²) < 4.78 is 18.0. The van der Waals surface area contributed by atoms with E-state index < -0.39 is 11.8 Å². The van der Waals surface area contributed by atoms with E-state index in [0.717, 1.165) is 7.11 Å². The fraction of sp³-hybridized carbons (Fsp3) is 0.222. The Kier molecular flexibility index (Phi) is 3.37. The van der Waals surface area contributed by atoms with Gasteiger partial charge >= 0.3 is 11.7 Å². The number of ether oxygens (including phenoxy) is 1. The van der Waals surface area contributed by atoms with Gasteiger partial charge in [-0.15, -0.1) is 0 Å². The zero-order valence-corrected chi connectivity index (χ0v) is 9.63. The summed E-state index contributed by atoms with van der Waals surface area (Å²) in [6.07, 6.45) is 0. The normalized spacial score (nSPS) is 9.53. The Labute approximate surface area is 93.8 Å². The number of esters is 1. The molecule has 1 rings (SSSR count). The van der Waals surface area contributed by atoms with Crippen molar-refractivity contribution in [2.24, 2.45) is 0 Å². The van der Waals surface area contributed by atoms with Gasteiger partial charge in [0.2, 0.25) is 5.39 Å². The van der Waals surface area contributed by atoms with Crippen molar-refractivity contribution in [3.8, 4) is 0 Å². The second kappa shape index (κ2) is 4.36. The lowest BCUT2D eigenvalue weighted by Gasteiger charge is -2.04. The first-order valence-electron chi connectivity index (χ1n) is 3.95. The van der Waals surface area contributed by atoms with E-state index in [1.165, 1.54) is 13.0 Å². The number of halogens is 2. The van der Waals surface area contributed by atoms with Crippen LogP contribution in [0.5, 0.6) is 0 Å². The zero-order chi connectivity index (χ0) is 11.6. The fourth-order valence-electron chi connectivity index (χ4n) is 1.15. The van der Waals surface area contributed by atoms with Crippen LogP contribution in [0.2, 0.25) is 0 Å². The minimum atomic E-state index is -0.809. The summed E-state index contributed by atoms with van der Waals surface area (Å²) in [5, 5.41) is 8.64. The van der Waals surface area contributed by atoms with Gasteiger partial charge in [0, 0.05) is 0 Å². The third kappa shape index (κ3) is 1.97. The van der Waals surface area contributed by atoms with Crippen LogP contribution in [0, 0.1) is 18.1 Å². The Balaban J connectivity index is 3.56. The third-order valence-corrected chi connectivity index (χ3v) is 2.53. The van der Waals surface area contributed by atoms with Crippen LogP contribution in [0.1, 0.15) is 15.9 Å². The lowest BCUT2D eigenvalue weighted by molar-refractivity contribution is 0.0594. The molecule has 1 aromatic carbocycles. The average molecular weight is 274 g/mol. The number of methoxy groups -OCH3 is 1. The number of hydrogen-bond donors (Lipinski definition) is 0. The number of benzene rings is 1. The van der Waals surface area contributed by atoms with E-state index >= 15 is 0 Å². The van der Waals surface area contributed by atoms with Gasteiger partial charge in [-0.25, -0.2) is 9.18 Å². The van der Waals surface area contributed by atoms with E-state index in [2.05, 4.69) is 25.6 Å². The summed E-state index contributed by atoms with van der Waals surface area (Å²) in [5.41, 5.74) is 0.105. The molecule has 0 heterocycles. The molecule has 0 saturated carbocycles. The molecule has 0 radical (unpaired) electrons. The molecule has 0 unspecified atom stereocenters. The van der Waals surface area contributed by atoms with E-state index in [1.54, 1.807) is 0 Å². The van der Waals surface area contributed by atoms with Gasteiger partial charge in [-0.1, -0.05) is 0 Å². The SMILES string of the molecule is COC(=O)c1c(C)c([N+]#N)cc(Br)c1F. The molecule has 0 N–H and O–H groups in total. The van der Waals surface area contributed by atoms with E-state index in [1.807, 2.05) is 0 Å². The summed E-state index contributed by atoms with van der Waals surface area (Å²) in [6.45, 7) is 1.47. The van der Waals surface area contributed by atoms with Gasteiger partial charge in [0.1, 0.15) is 5.56 Å². The summed E-state index contributed by atoms with van der Waals surface area (Å²) in [7, 11) is 1.15. The number of carbonyl (C=O) groups excluding carboxylic acids is 1. The van der Waals surface area contributed by atoms with Crippen LogP contribution in [0.25, 0.3) is 4.98 Å². The van der Waals surface area contributed by atoms with Crippen molar-refractivity contribution < 1.29 is 13.9 Å². The Hall–Kier alpha value is -1.48. The van der Waals surface area contributed by atoms with Gasteiger partial charge in [0.05, 0.1) is 23.2 Å². The van der Waals surface area contributed by atoms with Gasteiger partial charge in [-0.05, 0) is 22.9 Å². The molecule has 4 nitrogen and oxygen atoms in total. The van der Waals surface area contributed by atoms with Crippen molar-refractivity contribution >= 4 is 27.6 Å². The predicted octanol–water partition coefficient (Wildman–Crippen LogP) is 3.17. The first-order valence-corrected chi connectivity index (χ1v) is 4.74. The maximum atomic E-state index is 13.5. The second-order valence-corrected chi connectivity index (χ2v) is 3.64.